The molecule has 0 unspecified atom stereocenters. The van der Waals surface area contributed by atoms with Gasteiger partial charge in [-0.3, -0.25) is 14.9 Å². The number of carbonyl (C=O) groups excluding carboxylic acids is 2. The van der Waals surface area contributed by atoms with Crippen LogP contribution < -0.4 is 16.8 Å². The molecule has 116 valence electrons. The number of benzene rings is 2. The third kappa shape index (κ3) is 4.38. The molecule has 0 saturated carbocycles. The second kappa shape index (κ2) is 7.68. The van der Waals surface area contributed by atoms with Gasteiger partial charge in [-0.1, -0.05) is 42.5 Å². The number of fused-ring (bicyclic) bond motifs is 1. The zero-order valence-electron chi connectivity index (χ0n) is 12.4. The highest BCUT2D eigenvalue weighted by atomic mass is 16.2. The average Bonchev–Trinajstić information content (AvgIpc) is 2.52. The van der Waals surface area contributed by atoms with Crippen LogP contribution in [0.2, 0.25) is 0 Å². The molecule has 2 aromatic carbocycles. The molecule has 0 aromatic heterocycles. The van der Waals surface area contributed by atoms with Gasteiger partial charge in [-0.15, -0.1) is 0 Å². The molecule has 2 amide bonds. The van der Waals surface area contributed by atoms with E-state index < -0.39 is 11.9 Å². The Bertz CT molecular complexity index is 670. The zero-order valence-corrected chi connectivity index (χ0v) is 12.4. The maximum absolute atomic E-state index is 11.9. The van der Waals surface area contributed by atoms with E-state index in [-0.39, 0.29) is 12.3 Å². The number of amides is 2. The number of hydrogen-bond donors (Lipinski definition) is 3. The molecule has 2 rings (SSSR count). The molecular weight excluding hydrogens is 278 g/mol. The minimum atomic E-state index is -0.691. The van der Waals surface area contributed by atoms with Crippen molar-refractivity contribution >= 4 is 22.6 Å². The molecule has 0 aliphatic carbocycles. The van der Waals surface area contributed by atoms with Crippen LogP contribution in [0.3, 0.4) is 0 Å². The molecule has 0 saturated heterocycles. The van der Waals surface area contributed by atoms with Crippen LogP contribution in [0.1, 0.15) is 18.4 Å². The van der Waals surface area contributed by atoms with E-state index in [4.69, 9.17) is 11.5 Å². The first-order chi connectivity index (χ1) is 10.6. The molecule has 1 atom stereocenters. The largest absolute Gasteiger partial charge is 0.330 e. The van der Waals surface area contributed by atoms with E-state index in [1.54, 1.807) is 0 Å². The number of rotatable bonds is 6. The van der Waals surface area contributed by atoms with E-state index in [9.17, 15) is 9.59 Å². The second-order valence-electron chi connectivity index (χ2n) is 5.31. The molecule has 0 aliphatic rings. The van der Waals surface area contributed by atoms with Gasteiger partial charge in [0.1, 0.15) is 0 Å². The molecule has 0 bridgehead atoms. The molecule has 0 heterocycles. The molecule has 0 radical (unpaired) electrons. The highest BCUT2D eigenvalue weighted by Crippen LogP contribution is 2.15. The molecule has 2 aromatic rings. The SMILES string of the molecule is NCCC[C@H](N)C(=O)NC(=O)Cc1ccc2ccccc2c1. The third-order valence-electron chi connectivity index (χ3n) is 3.50. The van der Waals surface area contributed by atoms with Crippen molar-refractivity contribution in [3.05, 3.63) is 48.0 Å². The Labute approximate surface area is 129 Å². The summed E-state index contributed by atoms with van der Waals surface area (Å²) >= 11 is 0. The summed E-state index contributed by atoms with van der Waals surface area (Å²) in [6.07, 6.45) is 1.29. The summed E-state index contributed by atoms with van der Waals surface area (Å²) in [7, 11) is 0. The van der Waals surface area contributed by atoms with Gasteiger partial charge >= 0.3 is 0 Å². The fourth-order valence-electron chi connectivity index (χ4n) is 2.28. The van der Waals surface area contributed by atoms with Crippen LogP contribution in [0.5, 0.6) is 0 Å². The first kappa shape index (κ1) is 16.1. The van der Waals surface area contributed by atoms with E-state index in [1.807, 2.05) is 42.5 Å². The number of imide groups is 1. The number of nitrogens with two attached hydrogens (primary N) is 2. The van der Waals surface area contributed by atoms with E-state index in [2.05, 4.69) is 5.32 Å². The highest BCUT2D eigenvalue weighted by molar-refractivity contribution is 5.98. The Morgan fingerprint density at radius 3 is 2.55 bits per heavy atom. The second-order valence-corrected chi connectivity index (χ2v) is 5.31. The maximum Gasteiger partial charge on any atom is 0.243 e. The van der Waals surface area contributed by atoms with E-state index in [0.717, 1.165) is 16.3 Å². The van der Waals surface area contributed by atoms with Gasteiger partial charge in [0.25, 0.3) is 0 Å². The van der Waals surface area contributed by atoms with Crippen molar-refractivity contribution in [1.29, 1.82) is 0 Å². The monoisotopic (exact) mass is 299 g/mol. The standard InChI is InChI=1S/C17H21N3O2/c18-9-3-6-15(19)17(22)20-16(21)11-12-7-8-13-4-1-2-5-14(13)10-12/h1-2,4-5,7-8,10,15H,3,6,9,11,18-19H2,(H,20,21,22)/t15-/m0/s1. The van der Waals surface area contributed by atoms with Crippen molar-refractivity contribution in [1.82, 2.24) is 5.32 Å². The summed E-state index contributed by atoms with van der Waals surface area (Å²) in [4.78, 5) is 23.7. The zero-order chi connectivity index (χ0) is 15.9. The van der Waals surface area contributed by atoms with Crippen LogP contribution in [0, 0.1) is 0 Å². The smallest absolute Gasteiger partial charge is 0.243 e. The quantitative estimate of drug-likeness (QED) is 0.743. The Balaban J connectivity index is 1.94. The molecule has 5 nitrogen and oxygen atoms in total. The minimum Gasteiger partial charge on any atom is -0.330 e. The van der Waals surface area contributed by atoms with Crippen LogP contribution in [0.25, 0.3) is 10.8 Å². The lowest BCUT2D eigenvalue weighted by molar-refractivity contribution is -0.130. The summed E-state index contributed by atoms with van der Waals surface area (Å²) < 4.78 is 0. The lowest BCUT2D eigenvalue weighted by Crippen LogP contribution is -2.44. The Morgan fingerprint density at radius 2 is 1.82 bits per heavy atom. The first-order valence-electron chi connectivity index (χ1n) is 7.37. The minimum absolute atomic E-state index is 0.153. The fraction of sp³-hybridized carbons (Fsp3) is 0.294. The maximum atomic E-state index is 11.9. The highest BCUT2D eigenvalue weighted by Gasteiger charge is 2.16. The molecule has 0 aliphatic heterocycles. The first-order valence-corrected chi connectivity index (χ1v) is 7.37. The van der Waals surface area contributed by atoms with E-state index in [0.29, 0.717) is 19.4 Å². The fourth-order valence-corrected chi connectivity index (χ4v) is 2.28. The molecule has 0 fully saturated rings. The van der Waals surface area contributed by atoms with E-state index in [1.165, 1.54) is 0 Å². The van der Waals surface area contributed by atoms with Gasteiger partial charge in [-0.2, -0.15) is 0 Å². The van der Waals surface area contributed by atoms with Crippen molar-refractivity contribution in [2.45, 2.75) is 25.3 Å². The molecule has 5 N–H and O–H groups in total. The number of nitrogens with one attached hydrogen (secondary N) is 1. The molecule has 0 spiro atoms. The van der Waals surface area contributed by atoms with Gasteiger partial charge in [0.15, 0.2) is 0 Å². The lowest BCUT2D eigenvalue weighted by Gasteiger charge is -2.11. The van der Waals surface area contributed by atoms with Gasteiger partial charge in [0, 0.05) is 0 Å². The van der Waals surface area contributed by atoms with Gasteiger partial charge in [-0.05, 0) is 35.7 Å². The normalized spacial score (nSPS) is 12.1. The van der Waals surface area contributed by atoms with Crippen LogP contribution in [-0.4, -0.2) is 24.4 Å². The summed E-state index contributed by atoms with van der Waals surface area (Å²) in [6.45, 7) is 0.478. The van der Waals surface area contributed by atoms with Gasteiger partial charge in [-0.25, -0.2) is 0 Å². The summed E-state index contributed by atoms with van der Waals surface area (Å²) in [6, 6.07) is 13.0. The van der Waals surface area contributed by atoms with Gasteiger partial charge in [0.2, 0.25) is 11.8 Å². The Morgan fingerprint density at radius 1 is 1.09 bits per heavy atom. The van der Waals surface area contributed by atoms with Crippen molar-refractivity contribution in [3.63, 3.8) is 0 Å². The number of hydrogen-bond acceptors (Lipinski definition) is 4. The predicted molar refractivity (Wildman–Crippen MR) is 87.1 cm³/mol. The Kier molecular flexibility index (Phi) is 5.63. The molecule has 5 heteroatoms. The van der Waals surface area contributed by atoms with Crippen LogP contribution in [-0.2, 0) is 16.0 Å². The van der Waals surface area contributed by atoms with Gasteiger partial charge < -0.3 is 11.5 Å². The molecule has 22 heavy (non-hydrogen) atoms. The molecular formula is C17H21N3O2. The Hall–Kier alpha value is -2.24. The summed E-state index contributed by atoms with van der Waals surface area (Å²) in [5.41, 5.74) is 11.9. The average molecular weight is 299 g/mol. The van der Waals surface area contributed by atoms with Crippen LogP contribution >= 0.6 is 0 Å². The summed E-state index contributed by atoms with van der Waals surface area (Å²) in [5.74, 6) is -0.789. The number of carbonyl (C=O) groups is 2. The topological polar surface area (TPSA) is 98.2 Å². The summed E-state index contributed by atoms with van der Waals surface area (Å²) in [5, 5.41) is 4.53. The van der Waals surface area contributed by atoms with Crippen LogP contribution in [0.15, 0.2) is 42.5 Å². The van der Waals surface area contributed by atoms with E-state index >= 15 is 0 Å². The third-order valence-corrected chi connectivity index (χ3v) is 3.50. The van der Waals surface area contributed by atoms with Crippen molar-refractivity contribution in [3.8, 4) is 0 Å². The van der Waals surface area contributed by atoms with Crippen LogP contribution in [0.4, 0.5) is 0 Å². The predicted octanol–water partition coefficient (Wildman–Crippen LogP) is 1.09. The lowest BCUT2D eigenvalue weighted by atomic mass is 10.0. The van der Waals surface area contributed by atoms with Crippen molar-refractivity contribution < 1.29 is 9.59 Å². The van der Waals surface area contributed by atoms with Crippen molar-refractivity contribution in [2.24, 2.45) is 11.5 Å². The van der Waals surface area contributed by atoms with Gasteiger partial charge in [0.05, 0.1) is 12.5 Å². The van der Waals surface area contributed by atoms with Crippen molar-refractivity contribution in [2.75, 3.05) is 6.54 Å².